The summed E-state index contributed by atoms with van der Waals surface area (Å²) in [6.45, 7) is 14.2. The fraction of sp³-hybridized carbons (Fsp3) is 0.647. The van der Waals surface area contributed by atoms with Crippen molar-refractivity contribution in [2.24, 2.45) is 5.41 Å². The highest BCUT2D eigenvalue weighted by atomic mass is 35.5. The van der Waals surface area contributed by atoms with E-state index in [2.05, 4.69) is 44.8 Å². The van der Waals surface area contributed by atoms with Crippen LogP contribution in [0.1, 0.15) is 40.2 Å². The third kappa shape index (κ3) is 4.13. The zero-order chi connectivity index (χ0) is 15.8. The maximum Gasteiger partial charge on any atom is 0.0452 e. The van der Waals surface area contributed by atoms with Crippen LogP contribution < -0.4 is 5.32 Å². The van der Waals surface area contributed by atoms with Gasteiger partial charge in [0.25, 0.3) is 0 Å². The molecule has 0 aliphatic carbocycles. The maximum absolute atomic E-state index is 6.33. The van der Waals surface area contributed by atoms with Crippen molar-refractivity contribution in [2.75, 3.05) is 13.1 Å². The predicted molar refractivity (Wildman–Crippen MR) is 92.2 cm³/mol. The Morgan fingerprint density at radius 2 is 1.95 bits per heavy atom. The number of hydrogen-bond donors (Lipinski definition) is 1. The van der Waals surface area contributed by atoms with E-state index in [-0.39, 0.29) is 11.0 Å². The van der Waals surface area contributed by atoms with Crippen LogP contribution in [-0.2, 0) is 6.54 Å². The number of rotatable bonds is 2. The fourth-order valence-corrected chi connectivity index (χ4v) is 3.12. The molecule has 118 valence electrons. The minimum atomic E-state index is 0.105. The molecule has 1 unspecified atom stereocenters. The summed E-state index contributed by atoms with van der Waals surface area (Å²) < 4.78 is 0. The van der Waals surface area contributed by atoms with Gasteiger partial charge in [-0.25, -0.2) is 0 Å². The molecule has 1 atom stereocenters. The maximum atomic E-state index is 6.33. The normalized spacial score (nSPS) is 23.3. The van der Waals surface area contributed by atoms with Crippen LogP contribution in [0.4, 0.5) is 0 Å². The second-order valence-corrected chi connectivity index (χ2v) is 8.57. The fourth-order valence-electron chi connectivity index (χ4n) is 2.75. The van der Waals surface area contributed by atoms with Gasteiger partial charge >= 0.3 is 0 Å². The van der Waals surface area contributed by atoms with E-state index in [0.717, 1.165) is 35.2 Å². The molecule has 1 aromatic carbocycles. The molecular weight excluding hydrogens is 303 g/mol. The number of nitrogens with zero attached hydrogens (tertiary/aromatic N) is 1. The van der Waals surface area contributed by atoms with Crippen LogP contribution in [0.3, 0.4) is 0 Å². The number of benzene rings is 1. The van der Waals surface area contributed by atoms with Gasteiger partial charge in [0.15, 0.2) is 0 Å². The summed E-state index contributed by atoms with van der Waals surface area (Å²) in [5, 5.41) is 5.23. The Hall–Kier alpha value is -0.280. The van der Waals surface area contributed by atoms with Gasteiger partial charge in [-0.3, -0.25) is 4.90 Å². The Balaban J connectivity index is 2.20. The average Bonchev–Trinajstić information content (AvgIpc) is 2.34. The summed E-state index contributed by atoms with van der Waals surface area (Å²) in [6, 6.07) is 6.18. The number of hydrogen-bond acceptors (Lipinski definition) is 2. The molecule has 1 aliphatic rings. The van der Waals surface area contributed by atoms with Crippen molar-refractivity contribution in [1.82, 2.24) is 10.2 Å². The van der Waals surface area contributed by atoms with Gasteiger partial charge in [-0.05, 0) is 43.0 Å². The summed E-state index contributed by atoms with van der Waals surface area (Å²) in [7, 11) is 0. The van der Waals surface area contributed by atoms with Gasteiger partial charge < -0.3 is 5.32 Å². The lowest BCUT2D eigenvalue weighted by atomic mass is 9.82. The van der Waals surface area contributed by atoms with Crippen molar-refractivity contribution in [1.29, 1.82) is 0 Å². The number of piperazine rings is 1. The first-order valence-corrected chi connectivity index (χ1v) is 8.27. The molecule has 2 rings (SSSR count). The summed E-state index contributed by atoms with van der Waals surface area (Å²) in [5.41, 5.74) is 1.45. The highest BCUT2D eigenvalue weighted by Crippen LogP contribution is 2.30. The second-order valence-electron chi connectivity index (χ2n) is 7.73. The van der Waals surface area contributed by atoms with Crippen LogP contribution in [0.2, 0.25) is 10.0 Å². The SMILES string of the molecule is CC(C)(C)C1CN(Cc2cc(Cl)ccc2Cl)C(C)(C)CN1. The minimum absolute atomic E-state index is 0.105. The van der Waals surface area contributed by atoms with Crippen LogP contribution in [0.15, 0.2) is 18.2 Å². The molecule has 4 heteroatoms. The largest absolute Gasteiger partial charge is 0.310 e. The molecule has 0 radical (unpaired) electrons. The second kappa shape index (κ2) is 6.08. The van der Waals surface area contributed by atoms with E-state index in [0.29, 0.717) is 6.04 Å². The van der Waals surface area contributed by atoms with Crippen molar-refractivity contribution in [3.63, 3.8) is 0 Å². The lowest BCUT2D eigenvalue weighted by molar-refractivity contribution is 0.0296. The Morgan fingerprint density at radius 1 is 1.29 bits per heavy atom. The lowest BCUT2D eigenvalue weighted by Crippen LogP contribution is -2.64. The van der Waals surface area contributed by atoms with Crippen LogP contribution in [0.25, 0.3) is 0 Å². The lowest BCUT2D eigenvalue weighted by Gasteiger charge is -2.49. The Kier molecular flexibility index (Phi) is 4.94. The minimum Gasteiger partial charge on any atom is -0.310 e. The molecule has 1 saturated heterocycles. The van der Waals surface area contributed by atoms with Gasteiger partial charge in [-0.1, -0.05) is 44.0 Å². The molecule has 1 heterocycles. The predicted octanol–water partition coefficient (Wildman–Crippen LogP) is 4.59. The van der Waals surface area contributed by atoms with Gasteiger partial charge in [0, 0.05) is 41.3 Å². The van der Waals surface area contributed by atoms with Gasteiger partial charge in [0.05, 0.1) is 0 Å². The first kappa shape index (κ1) is 17.1. The third-order valence-corrected chi connectivity index (χ3v) is 5.06. The molecule has 2 nitrogen and oxygen atoms in total. The summed E-state index contributed by atoms with van der Waals surface area (Å²) in [4.78, 5) is 2.51. The zero-order valence-corrected chi connectivity index (χ0v) is 15.1. The topological polar surface area (TPSA) is 15.3 Å². The Morgan fingerprint density at radius 3 is 2.57 bits per heavy atom. The standard InChI is InChI=1S/C17H26Cl2N2/c1-16(2,3)15-10-21(17(4,5)11-20-15)9-12-8-13(18)6-7-14(12)19/h6-8,15,20H,9-11H2,1-5H3. The van der Waals surface area contributed by atoms with Crippen molar-refractivity contribution in [3.05, 3.63) is 33.8 Å². The van der Waals surface area contributed by atoms with Gasteiger partial charge in [0.1, 0.15) is 0 Å². The molecule has 21 heavy (non-hydrogen) atoms. The number of nitrogens with one attached hydrogen (secondary N) is 1. The smallest absolute Gasteiger partial charge is 0.0452 e. The molecule has 0 aromatic heterocycles. The quantitative estimate of drug-likeness (QED) is 0.853. The zero-order valence-electron chi connectivity index (χ0n) is 13.6. The van der Waals surface area contributed by atoms with Crippen LogP contribution in [-0.4, -0.2) is 29.6 Å². The monoisotopic (exact) mass is 328 g/mol. The first-order chi connectivity index (χ1) is 9.59. The van der Waals surface area contributed by atoms with E-state index in [1.54, 1.807) is 0 Å². The van der Waals surface area contributed by atoms with Crippen molar-refractivity contribution < 1.29 is 0 Å². The summed E-state index contributed by atoms with van der Waals surface area (Å²) in [6.07, 6.45) is 0. The first-order valence-electron chi connectivity index (χ1n) is 7.52. The van der Waals surface area contributed by atoms with E-state index >= 15 is 0 Å². The van der Waals surface area contributed by atoms with Gasteiger partial charge in [-0.2, -0.15) is 0 Å². The summed E-state index contributed by atoms with van der Waals surface area (Å²) >= 11 is 12.5. The van der Waals surface area contributed by atoms with Crippen LogP contribution >= 0.6 is 23.2 Å². The molecule has 1 aromatic rings. The van der Waals surface area contributed by atoms with Crippen molar-refractivity contribution in [3.8, 4) is 0 Å². The molecule has 0 spiro atoms. The third-order valence-electron chi connectivity index (χ3n) is 4.45. The molecule has 1 fully saturated rings. The van der Waals surface area contributed by atoms with E-state index < -0.39 is 0 Å². The van der Waals surface area contributed by atoms with Crippen LogP contribution in [0, 0.1) is 5.41 Å². The Labute approximate surface area is 138 Å². The van der Waals surface area contributed by atoms with Crippen LogP contribution in [0.5, 0.6) is 0 Å². The molecular formula is C17H26Cl2N2. The highest BCUT2D eigenvalue weighted by molar-refractivity contribution is 6.33. The molecule has 1 N–H and O–H groups in total. The molecule has 0 bridgehead atoms. The van der Waals surface area contributed by atoms with E-state index in [1.807, 2.05) is 18.2 Å². The van der Waals surface area contributed by atoms with E-state index in [4.69, 9.17) is 23.2 Å². The molecule has 0 saturated carbocycles. The summed E-state index contributed by atoms with van der Waals surface area (Å²) in [5.74, 6) is 0. The van der Waals surface area contributed by atoms with E-state index in [9.17, 15) is 0 Å². The average molecular weight is 329 g/mol. The highest BCUT2D eigenvalue weighted by Gasteiger charge is 2.38. The van der Waals surface area contributed by atoms with Gasteiger partial charge in [0.2, 0.25) is 0 Å². The van der Waals surface area contributed by atoms with Crippen molar-refractivity contribution in [2.45, 2.75) is 52.7 Å². The number of halogens is 2. The Bertz CT molecular complexity index is 506. The molecule has 0 amide bonds. The van der Waals surface area contributed by atoms with E-state index in [1.165, 1.54) is 0 Å². The molecule has 1 aliphatic heterocycles. The van der Waals surface area contributed by atoms with Gasteiger partial charge in [-0.15, -0.1) is 0 Å². The van der Waals surface area contributed by atoms with Crippen molar-refractivity contribution >= 4 is 23.2 Å².